The Morgan fingerprint density at radius 3 is 2.65 bits per heavy atom. The molecule has 0 radical (unpaired) electrons. The van der Waals surface area contributed by atoms with Gasteiger partial charge in [0.15, 0.2) is 0 Å². The number of alkyl carbamates (subject to hydrolysis) is 1. The maximum atomic E-state index is 12.9. The molecule has 4 rings (SSSR count). The molecule has 8 heteroatoms. The van der Waals surface area contributed by atoms with E-state index in [1.165, 1.54) is 4.90 Å². The lowest BCUT2D eigenvalue weighted by Crippen LogP contribution is -2.52. The van der Waals surface area contributed by atoms with Crippen LogP contribution in [-0.2, 0) is 27.5 Å². The van der Waals surface area contributed by atoms with Gasteiger partial charge >= 0.3 is 6.09 Å². The van der Waals surface area contributed by atoms with Gasteiger partial charge in [-0.05, 0) is 47.8 Å². The highest BCUT2D eigenvalue weighted by Crippen LogP contribution is 2.41. The monoisotopic (exact) mass is 427 g/mol. The molecule has 1 aromatic rings. The maximum absolute atomic E-state index is 12.9. The zero-order chi connectivity index (χ0) is 22.3. The van der Waals surface area contributed by atoms with Crippen LogP contribution < -0.4 is 10.6 Å². The highest BCUT2D eigenvalue weighted by molar-refractivity contribution is 6.05. The SMILES string of the molecule is CC(C)(C)C1CC(NC(=O)OCc2ccc3c(c2)C(=O)N(C2CCC(=O)NC2=O)C3)C1. The lowest BCUT2D eigenvalue weighted by Gasteiger charge is -2.43. The van der Waals surface area contributed by atoms with Gasteiger partial charge in [0, 0.05) is 24.6 Å². The molecule has 2 heterocycles. The molecule has 166 valence electrons. The summed E-state index contributed by atoms with van der Waals surface area (Å²) in [7, 11) is 0. The molecule has 2 fully saturated rings. The molecule has 0 aromatic heterocycles. The number of amides is 4. The second kappa shape index (κ2) is 7.98. The van der Waals surface area contributed by atoms with Gasteiger partial charge in [-0.2, -0.15) is 0 Å². The van der Waals surface area contributed by atoms with Gasteiger partial charge in [0.25, 0.3) is 5.91 Å². The number of imide groups is 1. The first-order chi connectivity index (χ1) is 14.6. The van der Waals surface area contributed by atoms with Crippen LogP contribution in [0, 0.1) is 11.3 Å². The number of ether oxygens (including phenoxy) is 1. The number of benzene rings is 1. The average molecular weight is 428 g/mol. The van der Waals surface area contributed by atoms with Crippen LogP contribution in [0.3, 0.4) is 0 Å². The van der Waals surface area contributed by atoms with Gasteiger partial charge in [0.1, 0.15) is 12.6 Å². The highest BCUT2D eigenvalue weighted by atomic mass is 16.5. The Balaban J connectivity index is 1.31. The first-order valence-corrected chi connectivity index (χ1v) is 10.8. The van der Waals surface area contributed by atoms with Crippen LogP contribution in [0.1, 0.15) is 67.9 Å². The minimum absolute atomic E-state index is 0.0697. The van der Waals surface area contributed by atoms with Crippen LogP contribution >= 0.6 is 0 Å². The van der Waals surface area contributed by atoms with Crippen molar-refractivity contribution in [3.63, 3.8) is 0 Å². The molecule has 8 nitrogen and oxygen atoms in total. The molecule has 2 aliphatic heterocycles. The Morgan fingerprint density at radius 2 is 1.97 bits per heavy atom. The van der Waals surface area contributed by atoms with Gasteiger partial charge in [-0.25, -0.2) is 4.79 Å². The van der Waals surface area contributed by atoms with E-state index in [9.17, 15) is 19.2 Å². The third-order valence-corrected chi connectivity index (χ3v) is 6.65. The number of carbonyl (C=O) groups excluding carboxylic acids is 4. The van der Waals surface area contributed by atoms with Crippen LogP contribution in [0.5, 0.6) is 0 Å². The molecule has 4 amide bonds. The molecule has 2 N–H and O–H groups in total. The largest absolute Gasteiger partial charge is 0.445 e. The zero-order valence-corrected chi connectivity index (χ0v) is 18.2. The van der Waals surface area contributed by atoms with E-state index < -0.39 is 18.0 Å². The van der Waals surface area contributed by atoms with E-state index in [1.54, 1.807) is 6.07 Å². The Hall–Kier alpha value is -2.90. The molecule has 3 aliphatic rings. The summed E-state index contributed by atoms with van der Waals surface area (Å²) in [6, 6.07) is 4.89. The third kappa shape index (κ3) is 4.43. The van der Waals surface area contributed by atoms with Crippen LogP contribution in [0.2, 0.25) is 0 Å². The minimum Gasteiger partial charge on any atom is -0.445 e. The van der Waals surface area contributed by atoms with Gasteiger partial charge in [-0.1, -0.05) is 32.9 Å². The summed E-state index contributed by atoms with van der Waals surface area (Å²) in [5.74, 6) is -0.368. The van der Waals surface area contributed by atoms with Crippen molar-refractivity contribution in [3.05, 3.63) is 34.9 Å². The Bertz CT molecular complexity index is 930. The van der Waals surface area contributed by atoms with Crippen LogP contribution in [0.25, 0.3) is 0 Å². The third-order valence-electron chi connectivity index (χ3n) is 6.65. The van der Waals surface area contributed by atoms with Crippen molar-refractivity contribution in [2.75, 3.05) is 0 Å². The highest BCUT2D eigenvalue weighted by Gasteiger charge is 2.39. The summed E-state index contributed by atoms with van der Waals surface area (Å²) in [4.78, 5) is 50.0. The lowest BCUT2D eigenvalue weighted by atomic mass is 9.66. The van der Waals surface area contributed by atoms with Crippen molar-refractivity contribution >= 4 is 23.8 Å². The molecule has 1 aromatic carbocycles. The number of carbonyl (C=O) groups is 4. The van der Waals surface area contributed by atoms with Crippen molar-refractivity contribution in [1.29, 1.82) is 0 Å². The second-order valence-corrected chi connectivity index (χ2v) is 9.84. The molecule has 1 unspecified atom stereocenters. The fourth-order valence-corrected chi connectivity index (χ4v) is 4.49. The molecule has 1 atom stereocenters. The van der Waals surface area contributed by atoms with E-state index in [-0.39, 0.29) is 36.3 Å². The Kier molecular flexibility index (Phi) is 5.49. The number of fused-ring (bicyclic) bond motifs is 1. The summed E-state index contributed by atoms with van der Waals surface area (Å²) in [5, 5.41) is 5.20. The van der Waals surface area contributed by atoms with E-state index in [0.717, 1.165) is 18.4 Å². The number of rotatable bonds is 4. The van der Waals surface area contributed by atoms with Crippen LogP contribution in [0.15, 0.2) is 18.2 Å². The van der Waals surface area contributed by atoms with Gasteiger partial charge in [-0.15, -0.1) is 0 Å². The Morgan fingerprint density at radius 1 is 1.23 bits per heavy atom. The van der Waals surface area contributed by atoms with Crippen molar-refractivity contribution in [3.8, 4) is 0 Å². The molecule has 1 saturated heterocycles. The summed E-state index contributed by atoms with van der Waals surface area (Å²) in [5.41, 5.74) is 2.30. The topological polar surface area (TPSA) is 105 Å². The molecular weight excluding hydrogens is 398 g/mol. The first-order valence-electron chi connectivity index (χ1n) is 10.8. The number of piperidine rings is 1. The predicted molar refractivity (Wildman–Crippen MR) is 112 cm³/mol. The quantitative estimate of drug-likeness (QED) is 0.719. The van der Waals surface area contributed by atoms with Crippen molar-refractivity contribution in [1.82, 2.24) is 15.5 Å². The van der Waals surface area contributed by atoms with Gasteiger partial charge in [0.05, 0.1) is 0 Å². The van der Waals surface area contributed by atoms with Gasteiger partial charge in [-0.3, -0.25) is 19.7 Å². The Labute approximate surface area is 181 Å². The van der Waals surface area contributed by atoms with Crippen molar-refractivity contribution < 1.29 is 23.9 Å². The number of hydrogen-bond acceptors (Lipinski definition) is 5. The van der Waals surface area contributed by atoms with Crippen molar-refractivity contribution in [2.45, 2.75) is 71.7 Å². The van der Waals surface area contributed by atoms with E-state index in [4.69, 9.17) is 4.74 Å². The molecule has 1 aliphatic carbocycles. The fourth-order valence-electron chi connectivity index (χ4n) is 4.49. The van der Waals surface area contributed by atoms with Crippen molar-refractivity contribution in [2.24, 2.45) is 11.3 Å². The summed E-state index contributed by atoms with van der Waals surface area (Å²) >= 11 is 0. The number of nitrogens with one attached hydrogen (secondary N) is 2. The van der Waals surface area contributed by atoms with E-state index >= 15 is 0 Å². The minimum atomic E-state index is -0.637. The van der Waals surface area contributed by atoms with E-state index in [2.05, 4.69) is 31.4 Å². The van der Waals surface area contributed by atoms with Gasteiger partial charge in [0.2, 0.25) is 11.8 Å². The predicted octanol–water partition coefficient (Wildman–Crippen LogP) is 2.50. The summed E-state index contributed by atoms with van der Waals surface area (Å²) < 4.78 is 5.35. The normalized spacial score (nSPS) is 25.6. The van der Waals surface area contributed by atoms with E-state index in [0.29, 0.717) is 30.0 Å². The maximum Gasteiger partial charge on any atom is 0.407 e. The summed E-state index contributed by atoms with van der Waals surface area (Å²) in [6.45, 7) is 7.03. The van der Waals surface area contributed by atoms with Gasteiger partial charge < -0.3 is 15.0 Å². The fraction of sp³-hybridized carbons (Fsp3) is 0.565. The molecule has 31 heavy (non-hydrogen) atoms. The smallest absolute Gasteiger partial charge is 0.407 e. The number of nitrogens with zero attached hydrogens (tertiary/aromatic N) is 1. The van der Waals surface area contributed by atoms with Crippen LogP contribution in [0.4, 0.5) is 4.79 Å². The van der Waals surface area contributed by atoms with Crippen LogP contribution in [-0.4, -0.2) is 40.8 Å². The number of hydrogen-bond donors (Lipinski definition) is 2. The molecule has 0 spiro atoms. The first kappa shape index (κ1) is 21.3. The zero-order valence-electron chi connectivity index (χ0n) is 18.2. The average Bonchev–Trinajstić information content (AvgIpc) is 2.98. The molecular formula is C23H29N3O5. The molecule has 1 saturated carbocycles. The second-order valence-electron chi connectivity index (χ2n) is 9.84. The molecule has 0 bridgehead atoms. The lowest BCUT2D eigenvalue weighted by molar-refractivity contribution is -0.136. The van der Waals surface area contributed by atoms with E-state index in [1.807, 2.05) is 12.1 Å². The standard InChI is InChI=1S/C23H29N3O5/c1-23(2,3)15-9-16(10-15)24-22(30)31-12-13-4-5-14-11-26(21(29)17(14)8-13)18-6-7-19(27)25-20(18)28/h4-5,8,15-16,18H,6-7,9-12H2,1-3H3,(H,24,30)(H,25,27,28). The summed E-state index contributed by atoms with van der Waals surface area (Å²) in [6.07, 6.45) is 2.03.